The summed E-state index contributed by atoms with van der Waals surface area (Å²) in [5.74, 6) is 0. The zero-order chi connectivity index (χ0) is 3.58. The average molecular weight is 176 g/mol. The summed E-state index contributed by atoms with van der Waals surface area (Å²) in [6.07, 6.45) is 0. The molecule has 0 aromatic heterocycles. The molecule has 0 radical (unpaired) electrons. The number of halogens is 1. The summed E-state index contributed by atoms with van der Waals surface area (Å²) in [6.45, 7) is 0. The van der Waals surface area contributed by atoms with E-state index in [0.29, 0.717) is 0 Å². The standard InChI is InChI=1S/Al.ClH.NO3.Ti.3H/c;;2-1(3)4;;;;/h;1H;;;;;/q;;-1;;;;. The van der Waals surface area contributed by atoms with Crippen molar-refractivity contribution in [1.82, 2.24) is 0 Å². The molecule has 7 heavy (non-hydrogen) atoms. The molecule has 0 saturated carbocycles. The number of hydrogen-bond acceptors (Lipinski definition) is 3. The fraction of sp³-hybridized carbons (Fsp3) is 0. The SMILES string of the molecule is Cl.O=[N+]([O-])[O-].[AlH3].[Ti]. The third kappa shape index (κ3) is 278. The van der Waals surface area contributed by atoms with E-state index < -0.39 is 5.09 Å². The molecule has 42 valence electrons. The Morgan fingerprint density at radius 1 is 1.29 bits per heavy atom. The van der Waals surface area contributed by atoms with Crippen LogP contribution in [-0.2, 0) is 21.7 Å². The maximum Gasteiger partial charge on any atom is 0.187 e. The minimum Gasteiger partial charge on any atom is -0.356 e. The molecule has 0 aromatic carbocycles. The van der Waals surface area contributed by atoms with Crippen LogP contribution in [0.1, 0.15) is 0 Å². The van der Waals surface area contributed by atoms with E-state index in [4.69, 9.17) is 15.3 Å². The predicted molar refractivity (Wildman–Crippen MR) is 27.5 cm³/mol. The van der Waals surface area contributed by atoms with Crippen LogP contribution in [0.3, 0.4) is 0 Å². The van der Waals surface area contributed by atoms with Gasteiger partial charge in [-0.2, -0.15) is 0 Å². The number of hydrogen-bond donors (Lipinski definition) is 0. The number of rotatable bonds is 0. The van der Waals surface area contributed by atoms with E-state index in [0.717, 1.165) is 0 Å². The second-order valence-electron chi connectivity index (χ2n) is 0.224. The van der Waals surface area contributed by atoms with Crippen LogP contribution in [-0.4, -0.2) is 22.4 Å². The second-order valence-corrected chi connectivity index (χ2v) is 0.224. The zero-order valence-corrected chi connectivity index (χ0v) is 4.96. The van der Waals surface area contributed by atoms with E-state index in [1.807, 2.05) is 0 Å². The number of nitrogens with zero attached hydrogens (tertiary/aromatic N) is 1. The monoisotopic (exact) mass is 176 g/mol. The zero-order valence-electron chi connectivity index (χ0n) is 2.58. The first-order valence-electron chi connectivity index (χ1n) is 0.548. The van der Waals surface area contributed by atoms with Gasteiger partial charge in [0.25, 0.3) is 0 Å². The molecule has 0 N–H and O–H groups in total. The normalized spacial score (nSPS) is 3.43. The van der Waals surface area contributed by atoms with Gasteiger partial charge in [0.15, 0.2) is 17.4 Å². The average Bonchev–Trinajstić information content (AvgIpc) is 0.811. The Hall–Kier alpha value is 0.737. The van der Waals surface area contributed by atoms with Gasteiger partial charge in [-0.3, -0.25) is 0 Å². The van der Waals surface area contributed by atoms with Crippen molar-refractivity contribution < 1.29 is 26.8 Å². The van der Waals surface area contributed by atoms with E-state index in [2.05, 4.69) is 0 Å². The Morgan fingerprint density at radius 3 is 1.29 bits per heavy atom. The van der Waals surface area contributed by atoms with Crippen LogP contribution < -0.4 is 0 Å². The maximum atomic E-state index is 8.25. The van der Waals surface area contributed by atoms with E-state index in [1.165, 1.54) is 0 Å². The van der Waals surface area contributed by atoms with Crippen LogP contribution in [0.2, 0.25) is 0 Å². The van der Waals surface area contributed by atoms with Gasteiger partial charge in [0.2, 0.25) is 0 Å². The molecule has 0 rings (SSSR count). The first-order valence-corrected chi connectivity index (χ1v) is 0.548. The van der Waals surface area contributed by atoms with Gasteiger partial charge in [0.05, 0.1) is 5.09 Å². The van der Waals surface area contributed by atoms with Crippen molar-refractivity contribution in [2.24, 2.45) is 0 Å². The molecule has 4 nitrogen and oxygen atoms in total. The molecule has 0 bridgehead atoms. The Kier molecular flexibility index (Phi) is 57.0. The summed E-state index contributed by atoms with van der Waals surface area (Å²) in [6, 6.07) is 0. The molecule has 0 aromatic rings. The van der Waals surface area contributed by atoms with E-state index >= 15 is 0 Å². The van der Waals surface area contributed by atoms with E-state index in [1.54, 1.807) is 0 Å². The third-order valence-electron chi connectivity index (χ3n) is 0. The quantitative estimate of drug-likeness (QED) is 0.270. The summed E-state index contributed by atoms with van der Waals surface area (Å²) < 4.78 is 0. The van der Waals surface area contributed by atoms with Crippen molar-refractivity contribution in [3.8, 4) is 0 Å². The van der Waals surface area contributed by atoms with Crippen molar-refractivity contribution in [1.29, 1.82) is 0 Å². The fourth-order valence-corrected chi connectivity index (χ4v) is 0. The summed E-state index contributed by atoms with van der Waals surface area (Å²) in [4.78, 5) is 8.25. The van der Waals surface area contributed by atoms with Gasteiger partial charge >= 0.3 is 0 Å². The first-order chi connectivity index (χ1) is 1.73. The molecular weight excluding hydrogens is 172 g/mol. The fourth-order valence-electron chi connectivity index (χ4n) is 0. The van der Waals surface area contributed by atoms with Crippen molar-refractivity contribution in [2.75, 3.05) is 0 Å². The predicted octanol–water partition coefficient (Wildman–Crippen LogP) is -1.00. The molecule has 0 spiro atoms. The molecule has 0 fully saturated rings. The minimum atomic E-state index is -1.75. The molecule has 0 aliphatic heterocycles. The molecule has 0 amide bonds. The Morgan fingerprint density at radius 2 is 1.29 bits per heavy atom. The van der Waals surface area contributed by atoms with Gasteiger partial charge in [-0.1, -0.05) is 0 Å². The van der Waals surface area contributed by atoms with Crippen molar-refractivity contribution >= 4 is 29.8 Å². The van der Waals surface area contributed by atoms with E-state index in [-0.39, 0.29) is 51.5 Å². The topological polar surface area (TPSA) is 66.2 Å². The van der Waals surface area contributed by atoms with Gasteiger partial charge in [0.1, 0.15) is 0 Å². The molecule has 0 aliphatic rings. The van der Waals surface area contributed by atoms with Crippen molar-refractivity contribution in [3.63, 3.8) is 0 Å². The van der Waals surface area contributed by atoms with Crippen LogP contribution in [0, 0.1) is 15.3 Å². The minimum absolute atomic E-state index is 0. The smallest absolute Gasteiger partial charge is 0.187 e. The van der Waals surface area contributed by atoms with Crippen LogP contribution >= 0.6 is 12.4 Å². The van der Waals surface area contributed by atoms with Gasteiger partial charge in [-0.15, -0.1) is 12.4 Å². The summed E-state index contributed by atoms with van der Waals surface area (Å²) >= 11 is 0. The van der Waals surface area contributed by atoms with Gasteiger partial charge in [-0.25, -0.2) is 0 Å². The molecule has 7 heteroatoms. The van der Waals surface area contributed by atoms with Gasteiger partial charge < -0.3 is 15.3 Å². The van der Waals surface area contributed by atoms with Crippen LogP contribution in [0.5, 0.6) is 0 Å². The Balaban J connectivity index is -0.0000000150. The summed E-state index contributed by atoms with van der Waals surface area (Å²) in [7, 11) is 0. The second kappa shape index (κ2) is 15.9. The molecule has 0 heterocycles. The Labute approximate surface area is 71.8 Å². The Bertz CT molecular complexity index is 37.9. The molecule has 0 aliphatic carbocycles. The van der Waals surface area contributed by atoms with Crippen molar-refractivity contribution in [2.45, 2.75) is 0 Å². The first kappa shape index (κ1) is 25.1. The molecular formula is H4AlClNO3Ti-. The van der Waals surface area contributed by atoms with Crippen LogP contribution in [0.4, 0.5) is 0 Å². The van der Waals surface area contributed by atoms with Gasteiger partial charge in [-0.05, 0) is 0 Å². The van der Waals surface area contributed by atoms with E-state index in [9.17, 15) is 0 Å². The molecule has 0 saturated heterocycles. The summed E-state index contributed by atoms with van der Waals surface area (Å²) in [5.41, 5.74) is 0. The summed E-state index contributed by atoms with van der Waals surface area (Å²) in [5, 5.41) is 14.8. The molecule has 0 atom stereocenters. The van der Waals surface area contributed by atoms with Crippen molar-refractivity contribution in [3.05, 3.63) is 15.3 Å². The van der Waals surface area contributed by atoms with Crippen LogP contribution in [0.15, 0.2) is 0 Å². The largest absolute Gasteiger partial charge is 0.356 e. The molecule has 0 unspecified atom stereocenters. The third-order valence-corrected chi connectivity index (χ3v) is 0. The van der Waals surface area contributed by atoms with Crippen LogP contribution in [0.25, 0.3) is 0 Å². The van der Waals surface area contributed by atoms with Gasteiger partial charge in [0, 0.05) is 21.7 Å². The maximum absolute atomic E-state index is 8.25.